The van der Waals surface area contributed by atoms with Gasteiger partial charge in [-0.05, 0) is 37.2 Å². The highest BCUT2D eigenvalue weighted by atomic mass is 19.4. The van der Waals surface area contributed by atoms with Gasteiger partial charge in [-0.3, -0.25) is 4.99 Å². The van der Waals surface area contributed by atoms with Gasteiger partial charge in [0.25, 0.3) is 0 Å². The van der Waals surface area contributed by atoms with Crippen molar-refractivity contribution in [3.05, 3.63) is 29.8 Å². The van der Waals surface area contributed by atoms with Gasteiger partial charge in [0, 0.05) is 26.7 Å². The van der Waals surface area contributed by atoms with E-state index in [4.69, 9.17) is 4.74 Å². The van der Waals surface area contributed by atoms with Crippen LogP contribution in [0, 0.1) is 5.41 Å². The topological polar surface area (TPSA) is 48.9 Å². The normalized spacial score (nSPS) is 13.0. The summed E-state index contributed by atoms with van der Waals surface area (Å²) < 4.78 is 41.1. The Labute approximate surface area is 153 Å². The van der Waals surface area contributed by atoms with E-state index in [0.717, 1.165) is 18.7 Å². The molecule has 5 nitrogen and oxygen atoms in total. The Morgan fingerprint density at radius 2 is 1.73 bits per heavy atom. The van der Waals surface area contributed by atoms with Crippen LogP contribution in [0.3, 0.4) is 0 Å². The molecule has 0 spiro atoms. The summed E-state index contributed by atoms with van der Waals surface area (Å²) in [6, 6.07) is 6.50. The molecule has 0 radical (unpaired) electrons. The molecule has 0 aliphatic heterocycles. The molecule has 26 heavy (non-hydrogen) atoms. The van der Waals surface area contributed by atoms with E-state index in [1.165, 1.54) is 12.1 Å². The summed E-state index contributed by atoms with van der Waals surface area (Å²) in [4.78, 5) is 6.33. The van der Waals surface area contributed by atoms with Crippen LogP contribution in [0.2, 0.25) is 0 Å². The summed E-state index contributed by atoms with van der Waals surface area (Å²) in [6.07, 6.45) is -4.33. The summed E-state index contributed by atoms with van der Waals surface area (Å²) in [6.45, 7) is 5.27. The number of aliphatic imine (C=N–C) groups is 1. The van der Waals surface area contributed by atoms with E-state index in [0.29, 0.717) is 12.5 Å². The molecule has 0 bridgehead atoms. The smallest absolute Gasteiger partial charge is 0.422 e. The number of nitrogens with one attached hydrogen (secondary N) is 2. The zero-order valence-corrected chi connectivity index (χ0v) is 16.1. The highest BCUT2D eigenvalue weighted by Crippen LogP contribution is 2.19. The van der Waals surface area contributed by atoms with Gasteiger partial charge in [0.2, 0.25) is 0 Å². The standard InChI is InChI=1S/C18H29F3N4O/c1-17(2,12-25(4)5)11-24-16(22-3)23-10-14-6-8-15(9-7-14)26-13-18(19,20)21/h6-9H,10-13H2,1-5H3,(H2,22,23,24). The van der Waals surface area contributed by atoms with E-state index in [-0.39, 0.29) is 11.2 Å². The van der Waals surface area contributed by atoms with Crippen LogP contribution in [-0.2, 0) is 6.54 Å². The molecule has 1 rings (SSSR count). The first-order valence-electron chi connectivity index (χ1n) is 8.38. The zero-order chi connectivity index (χ0) is 19.8. The fourth-order valence-corrected chi connectivity index (χ4v) is 2.51. The molecular weight excluding hydrogens is 345 g/mol. The fraction of sp³-hybridized carbons (Fsp3) is 0.611. The van der Waals surface area contributed by atoms with Crippen LogP contribution in [0.5, 0.6) is 5.75 Å². The molecule has 0 fully saturated rings. The van der Waals surface area contributed by atoms with E-state index in [2.05, 4.69) is 34.4 Å². The predicted molar refractivity (Wildman–Crippen MR) is 98.5 cm³/mol. The van der Waals surface area contributed by atoms with E-state index in [9.17, 15) is 13.2 Å². The van der Waals surface area contributed by atoms with Gasteiger partial charge in [0.15, 0.2) is 12.6 Å². The van der Waals surface area contributed by atoms with Crippen LogP contribution in [0.25, 0.3) is 0 Å². The quantitative estimate of drug-likeness (QED) is 0.543. The Morgan fingerprint density at radius 1 is 1.12 bits per heavy atom. The third-order valence-corrected chi connectivity index (χ3v) is 3.49. The summed E-state index contributed by atoms with van der Waals surface area (Å²) >= 11 is 0. The molecule has 0 aliphatic rings. The molecule has 0 saturated heterocycles. The molecule has 0 atom stereocenters. The van der Waals surface area contributed by atoms with E-state index in [1.54, 1.807) is 19.2 Å². The lowest BCUT2D eigenvalue weighted by atomic mass is 9.93. The van der Waals surface area contributed by atoms with Crippen LogP contribution >= 0.6 is 0 Å². The number of ether oxygens (including phenoxy) is 1. The van der Waals surface area contributed by atoms with Gasteiger partial charge in [0.05, 0.1) is 0 Å². The van der Waals surface area contributed by atoms with Crippen molar-refractivity contribution < 1.29 is 17.9 Å². The molecule has 1 aromatic carbocycles. The second-order valence-corrected chi connectivity index (χ2v) is 7.23. The van der Waals surface area contributed by atoms with Crippen LogP contribution in [-0.4, -0.2) is 57.9 Å². The number of guanidine groups is 1. The van der Waals surface area contributed by atoms with Crippen LogP contribution in [0.15, 0.2) is 29.3 Å². The lowest BCUT2D eigenvalue weighted by Gasteiger charge is -2.29. The van der Waals surface area contributed by atoms with Crippen LogP contribution < -0.4 is 15.4 Å². The lowest BCUT2D eigenvalue weighted by molar-refractivity contribution is -0.153. The maximum absolute atomic E-state index is 12.1. The fourth-order valence-electron chi connectivity index (χ4n) is 2.51. The lowest BCUT2D eigenvalue weighted by Crippen LogP contribution is -2.44. The highest BCUT2D eigenvalue weighted by molar-refractivity contribution is 5.79. The highest BCUT2D eigenvalue weighted by Gasteiger charge is 2.28. The van der Waals surface area contributed by atoms with Gasteiger partial charge >= 0.3 is 6.18 Å². The van der Waals surface area contributed by atoms with Crippen LogP contribution in [0.4, 0.5) is 13.2 Å². The van der Waals surface area contributed by atoms with Crippen molar-refractivity contribution in [2.75, 3.05) is 40.8 Å². The molecule has 0 heterocycles. The molecule has 8 heteroatoms. The number of hydrogen-bond acceptors (Lipinski definition) is 3. The van der Waals surface area contributed by atoms with Gasteiger partial charge in [-0.25, -0.2) is 0 Å². The number of rotatable bonds is 8. The van der Waals surface area contributed by atoms with Crippen molar-refractivity contribution in [1.82, 2.24) is 15.5 Å². The van der Waals surface area contributed by atoms with Gasteiger partial charge in [-0.1, -0.05) is 26.0 Å². The molecule has 148 valence electrons. The minimum absolute atomic E-state index is 0.0819. The maximum atomic E-state index is 12.1. The van der Waals surface area contributed by atoms with E-state index >= 15 is 0 Å². The second kappa shape index (κ2) is 9.66. The number of halogens is 3. The second-order valence-electron chi connectivity index (χ2n) is 7.23. The van der Waals surface area contributed by atoms with E-state index < -0.39 is 12.8 Å². The van der Waals surface area contributed by atoms with Gasteiger partial charge in [-0.15, -0.1) is 0 Å². The summed E-state index contributed by atoms with van der Waals surface area (Å²) in [5.41, 5.74) is 0.998. The molecule has 0 unspecified atom stereocenters. The van der Waals surface area contributed by atoms with Gasteiger partial charge < -0.3 is 20.3 Å². The van der Waals surface area contributed by atoms with E-state index in [1.807, 2.05) is 14.1 Å². The Bertz CT molecular complexity index is 569. The number of nitrogens with zero attached hydrogens (tertiary/aromatic N) is 2. The molecular formula is C18H29F3N4O. The molecule has 0 amide bonds. The Kier molecular flexibility index (Phi) is 8.20. The first-order chi connectivity index (χ1) is 12.0. The van der Waals surface area contributed by atoms with Crippen molar-refractivity contribution in [3.8, 4) is 5.75 Å². The monoisotopic (exact) mass is 374 g/mol. The van der Waals surface area contributed by atoms with Crippen LogP contribution in [0.1, 0.15) is 19.4 Å². The Balaban J connectivity index is 2.46. The van der Waals surface area contributed by atoms with Crippen molar-refractivity contribution in [3.63, 3.8) is 0 Å². The Hall–Kier alpha value is -1.96. The first-order valence-corrected chi connectivity index (χ1v) is 8.38. The Morgan fingerprint density at radius 3 is 2.23 bits per heavy atom. The van der Waals surface area contributed by atoms with Crippen molar-refractivity contribution >= 4 is 5.96 Å². The zero-order valence-electron chi connectivity index (χ0n) is 16.1. The molecule has 1 aromatic rings. The largest absolute Gasteiger partial charge is 0.484 e. The molecule has 0 aliphatic carbocycles. The third kappa shape index (κ3) is 9.50. The minimum Gasteiger partial charge on any atom is -0.484 e. The molecule has 2 N–H and O–H groups in total. The number of benzene rings is 1. The van der Waals surface area contributed by atoms with Gasteiger partial charge in [0.1, 0.15) is 5.75 Å². The van der Waals surface area contributed by atoms with Crippen molar-refractivity contribution in [1.29, 1.82) is 0 Å². The third-order valence-electron chi connectivity index (χ3n) is 3.49. The average Bonchev–Trinajstić information content (AvgIpc) is 2.52. The number of hydrogen-bond donors (Lipinski definition) is 2. The van der Waals surface area contributed by atoms with Crippen molar-refractivity contribution in [2.24, 2.45) is 10.4 Å². The average molecular weight is 374 g/mol. The SMILES string of the molecule is CN=C(NCc1ccc(OCC(F)(F)F)cc1)NCC(C)(C)CN(C)C. The van der Waals surface area contributed by atoms with Crippen molar-refractivity contribution in [2.45, 2.75) is 26.6 Å². The molecule has 0 saturated carbocycles. The summed E-state index contributed by atoms with van der Waals surface area (Å²) in [5, 5.41) is 6.49. The maximum Gasteiger partial charge on any atom is 0.422 e. The summed E-state index contributed by atoms with van der Waals surface area (Å²) in [5.74, 6) is 0.869. The first kappa shape index (κ1) is 22.1. The summed E-state index contributed by atoms with van der Waals surface area (Å²) in [7, 11) is 5.77. The minimum atomic E-state index is -4.33. The van der Waals surface area contributed by atoms with Gasteiger partial charge in [-0.2, -0.15) is 13.2 Å². The number of alkyl halides is 3. The molecule has 0 aromatic heterocycles. The predicted octanol–water partition coefficient (Wildman–Crippen LogP) is 2.88.